The monoisotopic (exact) mass is 317 g/mol. The Morgan fingerprint density at radius 2 is 2.14 bits per heavy atom. The topological polar surface area (TPSA) is 15.3 Å². The molecule has 0 bridgehead atoms. The Balaban J connectivity index is 2.05. The number of fused-ring (bicyclic) bond motifs is 1. The van der Waals surface area contributed by atoms with E-state index in [-0.39, 0.29) is 0 Å². The number of thiol groups is 1. The quantitative estimate of drug-likeness (QED) is 0.644. The normalized spacial score (nSPS) is 28.0. The van der Waals surface area contributed by atoms with Crippen LogP contribution >= 0.6 is 12.8 Å². The van der Waals surface area contributed by atoms with Gasteiger partial charge in [0, 0.05) is 37.5 Å². The average molecular weight is 318 g/mol. The van der Waals surface area contributed by atoms with E-state index in [1.807, 2.05) is 0 Å². The van der Waals surface area contributed by atoms with Crippen molar-refractivity contribution in [2.45, 2.75) is 38.8 Å². The van der Waals surface area contributed by atoms with E-state index in [0.717, 1.165) is 12.8 Å². The molecule has 0 aromatic heterocycles. The fourth-order valence-electron chi connectivity index (χ4n) is 3.68. The highest BCUT2D eigenvalue weighted by Crippen LogP contribution is 2.41. The third-order valence-electron chi connectivity index (χ3n) is 4.82. The number of benzene rings is 1. The molecule has 2 unspecified atom stereocenters. The van der Waals surface area contributed by atoms with Gasteiger partial charge < -0.3 is 8.56 Å². The van der Waals surface area contributed by atoms with Gasteiger partial charge in [-0.3, -0.25) is 0 Å². The van der Waals surface area contributed by atoms with Crippen LogP contribution in [-0.4, -0.2) is 39.1 Å². The van der Waals surface area contributed by atoms with Crippen LogP contribution in [0.1, 0.15) is 43.0 Å². The van der Waals surface area contributed by atoms with Gasteiger partial charge in [-0.05, 0) is 43.0 Å². The highest BCUT2D eigenvalue weighted by molar-refractivity contribution is 7.74. The summed E-state index contributed by atoms with van der Waals surface area (Å²) in [5, 5.41) is 2.12. The second-order valence-corrected chi connectivity index (χ2v) is 8.54. The molecule has 3 atom stereocenters. The number of hydrogen-bond donors (Lipinski definition) is 2. The molecule has 1 aromatic rings. The summed E-state index contributed by atoms with van der Waals surface area (Å²) in [5.41, 5.74) is 10.4. The fourth-order valence-corrected chi connectivity index (χ4v) is 4.18. The van der Waals surface area contributed by atoms with Crippen molar-refractivity contribution in [3.63, 3.8) is 0 Å². The Hall–Kier alpha value is -0.753. The summed E-state index contributed by atoms with van der Waals surface area (Å²) in [6.07, 6.45) is 2.29. The molecule has 1 aromatic carbocycles. The summed E-state index contributed by atoms with van der Waals surface area (Å²) >= 11 is 4.69. The van der Waals surface area contributed by atoms with E-state index < -0.39 is 0 Å². The van der Waals surface area contributed by atoms with Gasteiger partial charge in [0.25, 0.3) is 0 Å². The minimum Gasteiger partial charge on any atom is -0.315 e. The van der Waals surface area contributed by atoms with E-state index in [2.05, 4.69) is 79.8 Å². The van der Waals surface area contributed by atoms with Crippen molar-refractivity contribution in [3.05, 3.63) is 40.6 Å². The van der Waals surface area contributed by atoms with E-state index in [1.165, 1.54) is 28.0 Å². The molecular weight excluding hydrogens is 294 g/mol. The predicted octanol–water partition coefficient (Wildman–Crippen LogP) is 2.62. The van der Waals surface area contributed by atoms with Crippen LogP contribution in [0.4, 0.5) is 0 Å². The highest BCUT2D eigenvalue weighted by Gasteiger charge is 2.35. The first-order chi connectivity index (χ1) is 9.79. The van der Waals surface area contributed by atoms with Crippen molar-refractivity contribution < 1.29 is 3.55 Å². The molecule has 1 aliphatic heterocycles. The van der Waals surface area contributed by atoms with Crippen molar-refractivity contribution in [3.8, 4) is 0 Å². The maximum absolute atomic E-state index is 4.69. The van der Waals surface area contributed by atoms with Gasteiger partial charge in [0.05, 0.1) is 13.1 Å². The zero-order chi connectivity index (χ0) is 15.4. The van der Waals surface area contributed by atoms with Crippen LogP contribution in [0.3, 0.4) is 0 Å². The van der Waals surface area contributed by atoms with Crippen LogP contribution in [0.25, 0.3) is 5.57 Å². The van der Waals surface area contributed by atoms with Gasteiger partial charge in [-0.2, -0.15) is 0 Å². The van der Waals surface area contributed by atoms with Gasteiger partial charge in [-0.25, -0.2) is 5.43 Å². The molecule has 1 aliphatic carbocycles. The van der Waals surface area contributed by atoms with Gasteiger partial charge in [-0.1, -0.05) is 12.1 Å². The van der Waals surface area contributed by atoms with Crippen molar-refractivity contribution >= 4 is 28.8 Å². The molecule has 2 aliphatic rings. The smallest absolute Gasteiger partial charge is 0.315 e. The Morgan fingerprint density at radius 3 is 2.71 bits per heavy atom. The molecular formula is C16H23N3SSi+. The number of hydrazine groups is 1. The van der Waals surface area contributed by atoms with Crippen molar-refractivity contribution in [1.29, 1.82) is 0 Å². The number of hydrogen-bond acceptors (Lipinski definition) is 3. The Morgan fingerprint density at radius 1 is 1.43 bits per heavy atom. The largest absolute Gasteiger partial charge is 0.463 e. The Bertz CT molecular complexity index is 606. The van der Waals surface area contributed by atoms with E-state index in [9.17, 15) is 0 Å². The minimum atomic E-state index is 0.355. The zero-order valence-electron chi connectivity index (χ0n) is 13.1. The van der Waals surface area contributed by atoms with E-state index >= 15 is 0 Å². The third kappa shape index (κ3) is 2.56. The SMILES string of the molecule is CC1=C(c2ccc3c(c2)[C@@H]([N+](C)([Si])S)CC3)C(C)NN1C. The maximum Gasteiger partial charge on any atom is 0.463 e. The first-order valence-corrected chi connectivity index (χ1v) is 8.31. The van der Waals surface area contributed by atoms with Crippen molar-refractivity contribution in [2.24, 2.45) is 0 Å². The second-order valence-electron chi connectivity index (χ2n) is 6.40. The second kappa shape index (κ2) is 5.16. The average Bonchev–Trinajstić information content (AvgIpc) is 2.90. The standard InChI is InChI=1S/C16H23N3SSi/c1-10-16(11(2)18(3)17-10)13-6-5-12-7-8-15(14(12)9-13)19(4,20)21/h5-6,9-10,15,17,20H,7-8H2,1-4H3/q+1/t10?,15-,19?/m0/s1. The van der Waals surface area contributed by atoms with Crippen LogP contribution in [0.5, 0.6) is 0 Å². The lowest BCUT2D eigenvalue weighted by Gasteiger charge is -2.30. The first-order valence-electron chi connectivity index (χ1n) is 7.47. The van der Waals surface area contributed by atoms with E-state index in [4.69, 9.17) is 0 Å². The Labute approximate surface area is 136 Å². The lowest BCUT2D eigenvalue weighted by Crippen LogP contribution is -2.33. The minimum absolute atomic E-state index is 0.355. The molecule has 1 heterocycles. The number of nitrogens with one attached hydrogen (secondary N) is 1. The Kier molecular flexibility index (Phi) is 3.72. The van der Waals surface area contributed by atoms with Crippen LogP contribution in [-0.2, 0) is 6.42 Å². The van der Waals surface area contributed by atoms with Crippen LogP contribution < -0.4 is 5.43 Å². The van der Waals surface area contributed by atoms with Gasteiger partial charge in [0.2, 0.25) is 0 Å². The van der Waals surface area contributed by atoms with E-state index in [0.29, 0.717) is 15.6 Å². The molecule has 0 saturated carbocycles. The summed E-state index contributed by atoms with van der Waals surface area (Å²) in [5.74, 6) is 0. The fraction of sp³-hybridized carbons (Fsp3) is 0.500. The van der Waals surface area contributed by atoms with E-state index in [1.54, 1.807) is 0 Å². The molecule has 3 rings (SSSR count). The molecule has 1 N–H and O–H groups in total. The number of nitrogens with zero attached hydrogens (tertiary/aromatic N) is 2. The molecule has 0 saturated heterocycles. The number of allylic oxidation sites excluding steroid dienone is 1. The summed E-state index contributed by atoms with van der Waals surface area (Å²) in [6, 6.07) is 7.70. The molecule has 0 amide bonds. The van der Waals surface area contributed by atoms with Crippen molar-refractivity contribution in [1.82, 2.24) is 10.4 Å². The molecule has 3 radical (unpaired) electrons. The summed E-state index contributed by atoms with van der Waals surface area (Å²) < 4.78 is 0.516. The van der Waals surface area contributed by atoms with Crippen LogP contribution in [0.2, 0.25) is 0 Å². The predicted molar refractivity (Wildman–Crippen MR) is 91.4 cm³/mol. The number of aryl methyl sites for hydroxylation is 1. The van der Waals surface area contributed by atoms with Crippen LogP contribution in [0.15, 0.2) is 23.9 Å². The van der Waals surface area contributed by atoms with Gasteiger partial charge in [0.1, 0.15) is 6.04 Å². The molecule has 0 fully saturated rings. The number of quaternary nitrogens is 1. The lowest BCUT2D eigenvalue weighted by molar-refractivity contribution is -0.682. The van der Waals surface area contributed by atoms with Gasteiger partial charge >= 0.3 is 10.4 Å². The molecule has 0 spiro atoms. The number of rotatable bonds is 2. The molecule has 3 nitrogen and oxygen atoms in total. The van der Waals surface area contributed by atoms with Crippen molar-refractivity contribution in [2.75, 3.05) is 14.1 Å². The molecule has 111 valence electrons. The summed E-state index contributed by atoms with van der Waals surface area (Å²) in [4.78, 5) is 0. The molecule has 21 heavy (non-hydrogen) atoms. The molecule has 5 heteroatoms. The first kappa shape index (κ1) is 15.2. The van der Waals surface area contributed by atoms with Gasteiger partial charge in [-0.15, -0.1) is 0 Å². The lowest BCUT2D eigenvalue weighted by atomic mass is 9.95. The zero-order valence-corrected chi connectivity index (χ0v) is 15.0. The third-order valence-corrected chi connectivity index (χ3v) is 5.41. The summed E-state index contributed by atoms with van der Waals surface area (Å²) in [7, 11) is 7.91. The highest BCUT2D eigenvalue weighted by atomic mass is 32.1. The summed E-state index contributed by atoms with van der Waals surface area (Å²) in [6.45, 7) is 4.40. The maximum atomic E-state index is 4.69. The van der Waals surface area contributed by atoms with Gasteiger partial charge in [0.15, 0.2) is 0 Å². The van der Waals surface area contributed by atoms with Crippen LogP contribution in [0, 0.1) is 0 Å².